The number of unbranched alkanes of at least 4 members (excludes halogenated alkanes) is 2. The van der Waals surface area contributed by atoms with Crippen LogP contribution in [0.1, 0.15) is 32.6 Å². The molecule has 0 fully saturated rings. The molecule has 0 aromatic rings. The minimum Gasteiger partial charge on any atom is -0.372 e. The summed E-state index contributed by atoms with van der Waals surface area (Å²) in [5, 5.41) is 0. The molecular formula is C9H18F3NO. The quantitative estimate of drug-likeness (QED) is 0.659. The van der Waals surface area contributed by atoms with Gasteiger partial charge in [0.15, 0.2) is 0 Å². The number of nitrogens with two attached hydrogens (primary N) is 1. The van der Waals surface area contributed by atoms with Crippen molar-refractivity contribution < 1.29 is 17.9 Å². The van der Waals surface area contributed by atoms with E-state index >= 15 is 0 Å². The standard InChI is InChI=1S/C9H18F3NO/c1-8(13)5-3-2-4-6-14-7-9(10,11)12/h8H,2-7,13H2,1H3. The van der Waals surface area contributed by atoms with E-state index in [2.05, 4.69) is 4.74 Å². The maximum atomic E-state index is 11.6. The maximum absolute atomic E-state index is 11.6. The highest BCUT2D eigenvalue weighted by Gasteiger charge is 2.26. The van der Waals surface area contributed by atoms with Crippen LogP contribution in [0, 0.1) is 0 Å². The van der Waals surface area contributed by atoms with Crippen LogP contribution in [-0.2, 0) is 4.74 Å². The van der Waals surface area contributed by atoms with Crippen molar-refractivity contribution in [3.05, 3.63) is 0 Å². The minimum absolute atomic E-state index is 0.172. The van der Waals surface area contributed by atoms with Gasteiger partial charge in [0.25, 0.3) is 0 Å². The van der Waals surface area contributed by atoms with Crippen molar-refractivity contribution >= 4 is 0 Å². The van der Waals surface area contributed by atoms with Gasteiger partial charge in [-0.1, -0.05) is 12.8 Å². The summed E-state index contributed by atoms with van der Waals surface area (Å²) in [7, 11) is 0. The second kappa shape index (κ2) is 7.06. The SMILES string of the molecule is CC(N)CCCCCOCC(F)(F)F. The summed E-state index contributed by atoms with van der Waals surface area (Å²) in [6.45, 7) is 0.957. The zero-order valence-electron chi connectivity index (χ0n) is 8.44. The van der Waals surface area contributed by atoms with Gasteiger partial charge >= 0.3 is 6.18 Å². The number of ether oxygens (including phenoxy) is 1. The molecule has 86 valence electrons. The first-order valence-electron chi connectivity index (χ1n) is 4.82. The van der Waals surface area contributed by atoms with Gasteiger partial charge in [-0.3, -0.25) is 0 Å². The lowest BCUT2D eigenvalue weighted by Crippen LogP contribution is -2.17. The van der Waals surface area contributed by atoms with Crippen LogP contribution >= 0.6 is 0 Å². The number of hydrogen-bond acceptors (Lipinski definition) is 2. The molecule has 0 aliphatic heterocycles. The molecule has 2 N–H and O–H groups in total. The summed E-state index contributed by atoms with van der Waals surface area (Å²) < 4.78 is 39.2. The predicted molar refractivity (Wildman–Crippen MR) is 49.0 cm³/mol. The summed E-state index contributed by atoms with van der Waals surface area (Å²) in [6, 6.07) is 0.172. The number of halogens is 3. The van der Waals surface area contributed by atoms with Crippen LogP contribution in [-0.4, -0.2) is 25.4 Å². The number of hydrogen-bond donors (Lipinski definition) is 1. The lowest BCUT2D eigenvalue weighted by molar-refractivity contribution is -0.174. The fraction of sp³-hybridized carbons (Fsp3) is 1.00. The van der Waals surface area contributed by atoms with E-state index in [9.17, 15) is 13.2 Å². The molecule has 0 aromatic heterocycles. The molecule has 0 heterocycles. The van der Waals surface area contributed by atoms with Crippen LogP contribution in [0.4, 0.5) is 13.2 Å². The number of alkyl halides is 3. The summed E-state index contributed by atoms with van der Waals surface area (Å²) in [5.41, 5.74) is 5.51. The van der Waals surface area contributed by atoms with E-state index in [1.54, 1.807) is 0 Å². The van der Waals surface area contributed by atoms with Crippen molar-refractivity contribution in [2.75, 3.05) is 13.2 Å². The van der Waals surface area contributed by atoms with Gasteiger partial charge in [0.05, 0.1) is 0 Å². The molecule has 1 atom stereocenters. The third-order valence-corrected chi connectivity index (χ3v) is 1.71. The zero-order valence-corrected chi connectivity index (χ0v) is 8.44. The van der Waals surface area contributed by atoms with Crippen LogP contribution in [0.5, 0.6) is 0 Å². The molecule has 0 bridgehead atoms. The Kier molecular flexibility index (Phi) is 6.92. The predicted octanol–water partition coefficient (Wildman–Crippen LogP) is 2.47. The lowest BCUT2D eigenvalue weighted by atomic mass is 10.1. The van der Waals surface area contributed by atoms with Gasteiger partial charge in [-0.05, 0) is 19.8 Å². The highest BCUT2D eigenvalue weighted by Crippen LogP contribution is 2.14. The Hall–Kier alpha value is -0.290. The fourth-order valence-corrected chi connectivity index (χ4v) is 1.04. The summed E-state index contributed by atoms with van der Waals surface area (Å²) in [6.07, 6.45) is -0.791. The molecular weight excluding hydrogens is 195 g/mol. The number of rotatable bonds is 7. The van der Waals surface area contributed by atoms with E-state index in [1.807, 2.05) is 6.92 Å². The van der Waals surface area contributed by atoms with Gasteiger partial charge in [-0.15, -0.1) is 0 Å². The molecule has 2 nitrogen and oxygen atoms in total. The molecule has 0 amide bonds. The van der Waals surface area contributed by atoms with Gasteiger partial charge in [-0.25, -0.2) is 0 Å². The smallest absolute Gasteiger partial charge is 0.372 e. The van der Waals surface area contributed by atoms with E-state index in [4.69, 9.17) is 5.73 Å². The van der Waals surface area contributed by atoms with Crippen LogP contribution < -0.4 is 5.73 Å². The summed E-state index contributed by atoms with van der Waals surface area (Å²) in [4.78, 5) is 0. The van der Waals surface area contributed by atoms with Crippen LogP contribution in [0.3, 0.4) is 0 Å². The summed E-state index contributed by atoms with van der Waals surface area (Å²) in [5.74, 6) is 0. The van der Waals surface area contributed by atoms with Crippen LogP contribution in [0.25, 0.3) is 0 Å². The Balaban J connectivity index is 3.07. The minimum atomic E-state index is -4.20. The van der Waals surface area contributed by atoms with Gasteiger partial charge in [0.2, 0.25) is 0 Å². The molecule has 0 saturated heterocycles. The van der Waals surface area contributed by atoms with Crippen LogP contribution in [0.15, 0.2) is 0 Å². The van der Waals surface area contributed by atoms with Crippen LogP contribution in [0.2, 0.25) is 0 Å². The first-order valence-corrected chi connectivity index (χ1v) is 4.82. The van der Waals surface area contributed by atoms with E-state index in [0.29, 0.717) is 6.42 Å². The highest BCUT2D eigenvalue weighted by atomic mass is 19.4. The molecule has 0 aliphatic rings. The molecule has 0 saturated carbocycles. The second-order valence-electron chi connectivity index (χ2n) is 3.49. The molecule has 0 spiro atoms. The average molecular weight is 213 g/mol. The third kappa shape index (κ3) is 11.7. The van der Waals surface area contributed by atoms with Gasteiger partial charge in [0, 0.05) is 12.6 Å². The molecule has 0 aliphatic carbocycles. The Morgan fingerprint density at radius 1 is 1.21 bits per heavy atom. The van der Waals surface area contributed by atoms with E-state index in [1.165, 1.54) is 0 Å². The Labute approximate surface area is 82.6 Å². The van der Waals surface area contributed by atoms with Gasteiger partial charge in [0.1, 0.15) is 6.61 Å². The summed E-state index contributed by atoms with van der Waals surface area (Å²) >= 11 is 0. The largest absolute Gasteiger partial charge is 0.411 e. The molecule has 0 rings (SSSR count). The van der Waals surface area contributed by atoms with Crippen molar-refractivity contribution in [1.29, 1.82) is 0 Å². The average Bonchev–Trinajstić information content (AvgIpc) is 2.00. The first kappa shape index (κ1) is 13.7. The monoisotopic (exact) mass is 213 g/mol. The maximum Gasteiger partial charge on any atom is 0.411 e. The zero-order chi connectivity index (χ0) is 11.0. The molecule has 14 heavy (non-hydrogen) atoms. The van der Waals surface area contributed by atoms with Crippen molar-refractivity contribution in [3.63, 3.8) is 0 Å². The van der Waals surface area contributed by atoms with Gasteiger partial charge in [-0.2, -0.15) is 13.2 Å². The highest BCUT2D eigenvalue weighted by molar-refractivity contribution is 4.53. The molecule has 1 unspecified atom stereocenters. The normalized spacial score (nSPS) is 14.4. The second-order valence-corrected chi connectivity index (χ2v) is 3.49. The lowest BCUT2D eigenvalue weighted by Gasteiger charge is -2.07. The Morgan fingerprint density at radius 3 is 2.36 bits per heavy atom. The molecule has 0 radical (unpaired) electrons. The Bertz CT molecular complexity index is 137. The van der Waals surface area contributed by atoms with E-state index < -0.39 is 12.8 Å². The van der Waals surface area contributed by atoms with E-state index in [-0.39, 0.29) is 12.6 Å². The fourth-order valence-electron chi connectivity index (χ4n) is 1.04. The van der Waals surface area contributed by atoms with Crippen molar-refractivity contribution in [1.82, 2.24) is 0 Å². The third-order valence-electron chi connectivity index (χ3n) is 1.71. The van der Waals surface area contributed by atoms with Crippen molar-refractivity contribution in [3.8, 4) is 0 Å². The van der Waals surface area contributed by atoms with Gasteiger partial charge < -0.3 is 10.5 Å². The topological polar surface area (TPSA) is 35.2 Å². The molecule has 5 heteroatoms. The Morgan fingerprint density at radius 2 is 1.86 bits per heavy atom. The molecule has 0 aromatic carbocycles. The van der Waals surface area contributed by atoms with Crippen molar-refractivity contribution in [2.24, 2.45) is 5.73 Å². The van der Waals surface area contributed by atoms with Crippen molar-refractivity contribution in [2.45, 2.75) is 44.8 Å². The van der Waals surface area contributed by atoms with E-state index in [0.717, 1.165) is 19.3 Å². The first-order chi connectivity index (χ1) is 6.42.